The number of rotatable bonds is 7. The van der Waals surface area contributed by atoms with Crippen molar-refractivity contribution in [3.63, 3.8) is 0 Å². The molecular formula is C23H19ClF3N3O2. The maximum Gasteiger partial charge on any atom is 0.432 e. The van der Waals surface area contributed by atoms with E-state index in [0.29, 0.717) is 33.7 Å². The molecule has 1 heterocycles. The Labute approximate surface area is 187 Å². The minimum atomic E-state index is -4.81. The summed E-state index contributed by atoms with van der Waals surface area (Å²) >= 11 is 6.11. The van der Waals surface area contributed by atoms with E-state index < -0.39 is 11.9 Å². The van der Waals surface area contributed by atoms with Crippen molar-refractivity contribution in [2.45, 2.75) is 19.6 Å². The van der Waals surface area contributed by atoms with Crippen molar-refractivity contribution in [1.82, 2.24) is 5.32 Å². The van der Waals surface area contributed by atoms with Crippen LogP contribution >= 0.6 is 11.6 Å². The zero-order valence-electron chi connectivity index (χ0n) is 16.9. The zero-order valence-corrected chi connectivity index (χ0v) is 17.6. The number of furan rings is 1. The van der Waals surface area contributed by atoms with Crippen molar-refractivity contribution in [3.8, 4) is 0 Å². The number of carbonyl (C=O) groups excluding carboxylic acids is 1. The summed E-state index contributed by atoms with van der Waals surface area (Å²) in [4.78, 5) is 12.4. The molecule has 0 unspecified atom stereocenters. The lowest BCUT2D eigenvalue weighted by atomic mass is 10.1. The first kappa shape index (κ1) is 23.1. The highest BCUT2D eigenvalue weighted by Gasteiger charge is 2.33. The number of benzene rings is 2. The fourth-order valence-corrected chi connectivity index (χ4v) is 2.96. The summed E-state index contributed by atoms with van der Waals surface area (Å²) in [6, 6.07) is 16.0. The predicted octanol–water partition coefficient (Wildman–Crippen LogP) is 6.21. The molecule has 0 aliphatic carbocycles. The number of hydrogen-bond donors (Lipinski definition) is 3. The normalized spacial score (nSPS) is 11.8. The zero-order chi connectivity index (χ0) is 23.3. The third-order valence-corrected chi connectivity index (χ3v) is 4.74. The number of nitrogens with one attached hydrogen (secondary N) is 3. The Kier molecular flexibility index (Phi) is 7.05. The summed E-state index contributed by atoms with van der Waals surface area (Å²) in [7, 11) is 0. The molecule has 3 N–H and O–H groups in total. The van der Waals surface area contributed by atoms with Gasteiger partial charge in [0.2, 0.25) is 0 Å². The molecule has 0 radical (unpaired) electrons. The highest BCUT2D eigenvalue weighted by molar-refractivity contribution is 6.33. The molecule has 32 heavy (non-hydrogen) atoms. The number of anilines is 1. The quantitative estimate of drug-likeness (QED) is 0.366. The molecule has 9 heteroatoms. The number of halogens is 4. The first-order valence-corrected chi connectivity index (χ1v) is 9.84. The maximum atomic E-state index is 13.0. The summed E-state index contributed by atoms with van der Waals surface area (Å²) in [6.45, 7) is 2.00. The molecular weight excluding hydrogens is 443 g/mol. The van der Waals surface area contributed by atoms with Crippen LogP contribution in [0.2, 0.25) is 5.02 Å². The second-order valence-corrected chi connectivity index (χ2v) is 7.25. The minimum absolute atomic E-state index is 0.0124. The van der Waals surface area contributed by atoms with Crippen LogP contribution in [-0.4, -0.2) is 17.8 Å². The highest BCUT2D eigenvalue weighted by atomic mass is 35.5. The molecule has 0 spiro atoms. The van der Waals surface area contributed by atoms with Crippen LogP contribution in [0.1, 0.15) is 27.4 Å². The standard InChI is InChI=1S/C23H19ClF3N3O2/c1-14-6-11-17(32-14)13-29-22(31)16-9-7-15(8-10-16)20(12-21(28)23(25,26)27)30-19-5-3-2-4-18(19)24/h2-12,28,30H,13H2,1H3,(H,29,31)/b20-12-,28-21?. The first-order valence-electron chi connectivity index (χ1n) is 9.46. The van der Waals surface area contributed by atoms with Gasteiger partial charge in [-0.3, -0.25) is 10.2 Å². The van der Waals surface area contributed by atoms with Gasteiger partial charge in [-0.2, -0.15) is 13.2 Å². The molecule has 0 saturated carbocycles. The summed E-state index contributed by atoms with van der Waals surface area (Å²) in [5, 5.41) is 13.2. The fraction of sp³-hybridized carbons (Fsp3) is 0.130. The molecule has 0 saturated heterocycles. The molecule has 0 bridgehead atoms. The molecule has 2 aromatic carbocycles. The average molecular weight is 462 g/mol. The Hall–Kier alpha value is -3.52. The van der Waals surface area contributed by atoms with E-state index in [1.807, 2.05) is 0 Å². The van der Waals surface area contributed by atoms with E-state index in [-0.39, 0.29) is 18.1 Å². The molecule has 166 valence electrons. The van der Waals surface area contributed by atoms with Crippen LogP contribution in [0.4, 0.5) is 18.9 Å². The molecule has 3 rings (SSSR count). The van der Waals surface area contributed by atoms with Gasteiger partial charge in [-0.15, -0.1) is 0 Å². The van der Waals surface area contributed by atoms with Crippen molar-refractivity contribution < 1.29 is 22.4 Å². The lowest BCUT2D eigenvalue weighted by Gasteiger charge is -2.15. The molecule has 0 aliphatic heterocycles. The van der Waals surface area contributed by atoms with Crippen LogP contribution in [0, 0.1) is 12.3 Å². The Morgan fingerprint density at radius 2 is 1.72 bits per heavy atom. The first-order chi connectivity index (χ1) is 15.1. The largest absolute Gasteiger partial charge is 0.465 e. The Morgan fingerprint density at radius 3 is 2.31 bits per heavy atom. The lowest BCUT2D eigenvalue weighted by Crippen LogP contribution is -2.22. The Bertz CT molecular complexity index is 1150. The van der Waals surface area contributed by atoms with E-state index in [2.05, 4.69) is 10.6 Å². The van der Waals surface area contributed by atoms with E-state index in [1.165, 1.54) is 24.3 Å². The van der Waals surface area contributed by atoms with Crippen LogP contribution in [0.5, 0.6) is 0 Å². The van der Waals surface area contributed by atoms with Crippen LogP contribution in [0.3, 0.4) is 0 Å². The second-order valence-electron chi connectivity index (χ2n) is 6.85. The van der Waals surface area contributed by atoms with Crippen molar-refractivity contribution in [2.75, 3.05) is 5.32 Å². The molecule has 1 aromatic heterocycles. The number of para-hydroxylation sites is 1. The number of carbonyl (C=O) groups is 1. The van der Waals surface area contributed by atoms with E-state index in [9.17, 15) is 18.0 Å². The van der Waals surface area contributed by atoms with Crippen molar-refractivity contribution in [1.29, 1.82) is 5.41 Å². The highest BCUT2D eigenvalue weighted by Crippen LogP contribution is 2.27. The van der Waals surface area contributed by atoms with Gasteiger partial charge in [0.05, 0.1) is 17.3 Å². The summed E-state index contributed by atoms with van der Waals surface area (Å²) in [5.41, 5.74) is -0.468. The topological polar surface area (TPSA) is 78.1 Å². The van der Waals surface area contributed by atoms with E-state index in [4.69, 9.17) is 21.4 Å². The third kappa shape index (κ3) is 6.01. The Balaban J connectivity index is 1.81. The van der Waals surface area contributed by atoms with E-state index in [0.717, 1.165) is 5.76 Å². The minimum Gasteiger partial charge on any atom is -0.465 e. The summed E-state index contributed by atoms with van der Waals surface area (Å²) in [5.74, 6) is 0.971. The SMILES string of the molecule is Cc1ccc(CNC(=O)c2ccc(/C(=C/C(=N)C(F)(F)F)Nc3ccccc3Cl)cc2)o1. The molecule has 5 nitrogen and oxygen atoms in total. The van der Waals surface area contributed by atoms with Crippen molar-refractivity contribution >= 4 is 34.6 Å². The fourth-order valence-electron chi connectivity index (χ4n) is 2.78. The molecule has 1 amide bonds. The number of hydrogen-bond acceptors (Lipinski definition) is 4. The second kappa shape index (κ2) is 9.74. The van der Waals surface area contributed by atoms with E-state index in [1.54, 1.807) is 43.3 Å². The van der Waals surface area contributed by atoms with Crippen LogP contribution in [0.25, 0.3) is 5.70 Å². The van der Waals surface area contributed by atoms with Gasteiger partial charge in [0.15, 0.2) is 0 Å². The van der Waals surface area contributed by atoms with Crippen molar-refractivity contribution in [3.05, 3.63) is 94.4 Å². The smallest absolute Gasteiger partial charge is 0.432 e. The Morgan fingerprint density at radius 1 is 1.06 bits per heavy atom. The number of aryl methyl sites for hydroxylation is 1. The van der Waals surface area contributed by atoms with Crippen molar-refractivity contribution in [2.24, 2.45) is 0 Å². The molecule has 0 atom stereocenters. The van der Waals surface area contributed by atoms with Gasteiger partial charge in [-0.05, 0) is 55.0 Å². The van der Waals surface area contributed by atoms with E-state index >= 15 is 0 Å². The van der Waals surface area contributed by atoms with Gasteiger partial charge in [0, 0.05) is 11.3 Å². The predicted molar refractivity (Wildman–Crippen MR) is 118 cm³/mol. The maximum absolute atomic E-state index is 13.0. The monoisotopic (exact) mass is 461 g/mol. The lowest BCUT2D eigenvalue weighted by molar-refractivity contribution is -0.0583. The van der Waals surface area contributed by atoms with Crippen LogP contribution in [0.15, 0.2) is 71.2 Å². The number of alkyl halides is 3. The van der Waals surface area contributed by atoms with Gasteiger partial charge < -0.3 is 15.1 Å². The molecule has 0 aliphatic rings. The summed E-state index contributed by atoms with van der Waals surface area (Å²) < 4.78 is 44.3. The summed E-state index contributed by atoms with van der Waals surface area (Å²) in [6.07, 6.45) is -4.13. The van der Waals surface area contributed by atoms with Gasteiger partial charge in [0.1, 0.15) is 17.2 Å². The van der Waals surface area contributed by atoms with Crippen LogP contribution < -0.4 is 10.6 Å². The third-order valence-electron chi connectivity index (χ3n) is 4.41. The van der Waals surface area contributed by atoms with Gasteiger partial charge in [-0.1, -0.05) is 35.9 Å². The number of allylic oxidation sites excluding steroid dienone is 1. The molecule has 3 aromatic rings. The molecule has 0 fully saturated rings. The number of amides is 1. The van der Waals surface area contributed by atoms with Gasteiger partial charge in [-0.25, -0.2) is 0 Å². The average Bonchev–Trinajstić information content (AvgIpc) is 3.17. The van der Waals surface area contributed by atoms with Crippen LogP contribution in [-0.2, 0) is 6.54 Å². The van der Waals surface area contributed by atoms with Gasteiger partial charge in [0.25, 0.3) is 5.91 Å². The van der Waals surface area contributed by atoms with Gasteiger partial charge >= 0.3 is 6.18 Å².